The maximum absolute atomic E-state index is 5.66. The molecule has 0 spiro atoms. The summed E-state index contributed by atoms with van der Waals surface area (Å²) in [7, 11) is 1.55. The second-order valence-corrected chi connectivity index (χ2v) is 4.04. The van der Waals surface area contributed by atoms with Gasteiger partial charge >= 0.3 is 0 Å². The first-order valence-corrected chi connectivity index (χ1v) is 5.57. The van der Waals surface area contributed by atoms with Gasteiger partial charge in [-0.05, 0) is 28.1 Å². The summed E-state index contributed by atoms with van der Waals surface area (Å²) < 4.78 is 11.4. The molecule has 2 aromatic rings. The molecule has 1 aromatic carbocycles. The third-order valence-electron chi connectivity index (χ3n) is 2.03. The Morgan fingerprint density at radius 1 is 1.29 bits per heavy atom. The van der Waals surface area contributed by atoms with Crippen molar-refractivity contribution in [3.8, 4) is 17.4 Å². The molecule has 0 aliphatic carbocycles. The van der Waals surface area contributed by atoms with E-state index >= 15 is 0 Å². The Hall–Kier alpha value is -1.82. The molecule has 6 heteroatoms. The average Bonchev–Trinajstić information content (AvgIpc) is 2.34. The number of benzene rings is 1. The van der Waals surface area contributed by atoms with E-state index < -0.39 is 0 Å². The summed E-state index contributed by atoms with van der Waals surface area (Å²) in [5.41, 5.74) is 6.26. The molecule has 0 bridgehead atoms. The Bertz CT molecular complexity index is 534. The number of nitrogens with two attached hydrogens (primary N) is 1. The molecule has 2 rings (SSSR count). The predicted octanol–water partition coefficient (Wildman–Crippen LogP) is 2.62. The molecule has 0 saturated carbocycles. The topological polar surface area (TPSA) is 70.3 Å². The Morgan fingerprint density at radius 3 is 2.82 bits per heavy atom. The summed E-state index contributed by atoms with van der Waals surface area (Å²) >= 11 is 3.30. The number of nitrogens with zero attached hydrogens (tertiary/aromatic N) is 2. The predicted molar refractivity (Wildman–Crippen MR) is 67.2 cm³/mol. The van der Waals surface area contributed by atoms with Crippen molar-refractivity contribution in [3.63, 3.8) is 0 Å². The largest absolute Gasteiger partial charge is 0.493 e. The fourth-order valence-corrected chi connectivity index (χ4v) is 1.55. The number of aromatic nitrogens is 2. The third-order valence-corrected chi connectivity index (χ3v) is 2.57. The van der Waals surface area contributed by atoms with E-state index in [-0.39, 0.29) is 0 Å². The molecule has 0 amide bonds. The van der Waals surface area contributed by atoms with E-state index in [9.17, 15) is 0 Å². The number of nitrogen functional groups attached to an aromatic ring is 1. The fraction of sp³-hybridized carbons (Fsp3) is 0.0909. The zero-order valence-corrected chi connectivity index (χ0v) is 10.6. The number of ether oxygens (including phenoxy) is 2. The van der Waals surface area contributed by atoms with Crippen LogP contribution in [0.15, 0.2) is 35.2 Å². The molecule has 88 valence electrons. The first-order valence-electron chi connectivity index (χ1n) is 4.77. The smallest absolute Gasteiger partial charge is 0.236 e. The van der Waals surface area contributed by atoms with Crippen molar-refractivity contribution < 1.29 is 9.47 Å². The van der Waals surface area contributed by atoms with Crippen LogP contribution < -0.4 is 15.2 Å². The summed E-state index contributed by atoms with van der Waals surface area (Å²) in [5, 5.41) is 0. The normalized spacial score (nSPS) is 10.0. The van der Waals surface area contributed by atoms with E-state index in [1.807, 2.05) is 0 Å². The third kappa shape index (κ3) is 2.65. The maximum atomic E-state index is 5.66. The molecular weight excluding hydrogens is 286 g/mol. The van der Waals surface area contributed by atoms with Gasteiger partial charge in [-0.15, -0.1) is 0 Å². The lowest BCUT2D eigenvalue weighted by atomic mass is 10.3. The summed E-state index contributed by atoms with van der Waals surface area (Å²) in [4.78, 5) is 7.86. The summed E-state index contributed by atoms with van der Waals surface area (Å²) in [5.74, 6) is 1.51. The van der Waals surface area contributed by atoms with Crippen LogP contribution in [0.5, 0.6) is 17.4 Å². The van der Waals surface area contributed by atoms with E-state index in [1.165, 1.54) is 6.33 Å². The van der Waals surface area contributed by atoms with Gasteiger partial charge in [0.2, 0.25) is 5.88 Å². The van der Waals surface area contributed by atoms with Crippen molar-refractivity contribution >= 4 is 21.6 Å². The molecule has 5 nitrogen and oxygen atoms in total. The summed E-state index contributed by atoms with van der Waals surface area (Å²) in [6.07, 6.45) is 3.01. The van der Waals surface area contributed by atoms with Gasteiger partial charge < -0.3 is 15.2 Å². The number of halogens is 1. The van der Waals surface area contributed by atoms with Crippen molar-refractivity contribution in [1.29, 1.82) is 0 Å². The Kier molecular flexibility index (Phi) is 3.43. The van der Waals surface area contributed by atoms with Gasteiger partial charge in [-0.1, -0.05) is 0 Å². The molecule has 1 aromatic heterocycles. The molecule has 0 fully saturated rings. The quantitative estimate of drug-likeness (QED) is 0.882. The minimum Gasteiger partial charge on any atom is -0.493 e. The molecule has 0 atom stereocenters. The van der Waals surface area contributed by atoms with Gasteiger partial charge in [-0.2, -0.15) is 0 Å². The average molecular weight is 296 g/mol. The van der Waals surface area contributed by atoms with Crippen LogP contribution in [0.1, 0.15) is 0 Å². The van der Waals surface area contributed by atoms with Gasteiger partial charge in [-0.3, -0.25) is 0 Å². The van der Waals surface area contributed by atoms with Gasteiger partial charge in [0.25, 0.3) is 0 Å². The van der Waals surface area contributed by atoms with Crippen LogP contribution in [0.25, 0.3) is 0 Å². The number of hydrogen-bond acceptors (Lipinski definition) is 5. The van der Waals surface area contributed by atoms with Crippen LogP contribution in [0.4, 0.5) is 5.69 Å². The summed E-state index contributed by atoms with van der Waals surface area (Å²) in [6.45, 7) is 0. The van der Waals surface area contributed by atoms with Crippen LogP contribution in [0, 0.1) is 0 Å². The zero-order chi connectivity index (χ0) is 12.3. The highest BCUT2D eigenvalue weighted by Crippen LogP contribution is 2.34. The zero-order valence-electron chi connectivity index (χ0n) is 9.05. The first-order chi connectivity index (χ1) is 8.20. The fourth-order valence-electron chi connectivity index (χ4n) is 1.25. The second-order valence-electron chi connectivity index (χ2n) is 3.19. The molecule has 0 radical (unpaired) electrons. The molecule has 1 heterocycles. The lowest BCUT2D eigenvalue weighted by molar-refractivity contribution is 0.373. The number of methoxy groups -OCH3 is 1. The van der Waals surface area contributed by atoms with Crippen LogP contribution in [0.2, 0.25) is 0 Å². The van der Waals surface area contributed by atoms with Gasteiger partial charge in [0.1, 0.15) is 6.33 Å². The van der Waals surface area contributed by atoms with Gasteiger partial charge in [0.15, 0.2) is 11.5 Å². The highest BCUT2D eigenvalue weighted by atomic mass is 79.9. The monoisotopic (exact) mass is 295 g/mol. The molecule has 2 N–H and O–H groups in total. The molecule has 0 aliphatic rings. The van der Waals surface area contributed by atoms with Crippen molar-refractivity contribution in [2.45, 2.75) is 0 Å². The van der Waals surface area contributed by atoms with E-state index in [0.29, 0.717) is 27.5 Å². The molecule has 0 saturated heterocycles. The number of anilines is 1. The van der Waals surface area contributed by atoms with E-state index in [4.69, 9.17) is 15.2 Å². The van der Waals surface area contributed by atoms with E-state index in [0.717, 1.165) is 0 Å². The Labute approximate surface area is 107 Å². The van der Waals surface area contributed by atoms with Gasteiger partial charge in [0, 0.05) is 18.0 Å². The minimum absolute atomic E-state index is 0.420. The van der Waals surface area contributed by atoms with Crippen LogP contribution in [-0.2, 0) is 0 Å². The van der Waals surface area contributed by atoms with Crippen molar-refractivity contribution in [2.24, 2.45) is 0 Å². The van der Waals surface area contributed by atoms with Crippen molar-refractivity contribution in [2.75, 3.05) is 12.8 Å². The van der Waals surface area contributed by atoms with Gasteiger partial charge in [0.05, 0.1) is 11.6 Å². The standard InChI is InChI=1S/C11H10BrN3O2/c1-16-10-4-7(13)2-3-9(10)17-11-8(12)5-14-6-15-11/h2-6H,13H2,1H3. The molecule has 17 heavy (non-hydrogen) atoms. The maximum Gasteiger partial charge on any atom is 0.236 e. The summed E-state index contributed by atoms with van der Waals surface area (Å²) in [6, 6.07) is 5.14. The highest BCUT2D eigenvalue weighted by Gasteiger charge is 2.09. The first kappa shape index (κ1) is 11.7. The van der Waals surface area contributed by atoms with Gasteiger partial charge in [-0.25, -0.2) is 9.97 Å². The number of rotatable bonds is 3. The lowest BCUT2D eigenvalue weighted by Crippen LogP contribution is -1.95. The molecular formula is C11H10BrN3O2. The van der Waals surface area contributed by atoms with E-state index in [1.54, 1.807) is 31.5 Å². The van der Waals surface area contributed by atoms with Crippen LogP contribution in [-0.4, -0.2) is 17.1 Å². The van der Waals surface area contributed by atoms with Crippen molar-refractivity contribution in [3.05, 3.63) is 35.2 Å². The minimum atomic E-state index is 0.420. The van der Waals surface area contributed by atoms with E-state index in [2.05, 4.69) is 25.9 Å². The van der Waals surface area contributed by atoms with Crippen LogP contribution >= 0.6 is 15.9 Å². The molecule has 0 unspecified atom stereocenters. The van der Waals surface area contributed by atoms with Crippen molar-refractivity contribution in [1.82, 2.24) is 9.97 Å². The number of hydrogen-bond donors (Lipinski definition) is 1. The Balaban J connectivity index is 2.33. The second kappa shape index (κ2) is 5.01. The molecule has 0 aliphatic heterocycles. The Morgan fingerprint density at radius 2 is 2.12 bits per heavy atom. The highest BCUT2D eigenvalue weighted by molar-refractivity contribution is 9.10. The van der Waals surface area contributed by atoms with Crippen LogP contribution in [0.3, 0.4) is 0 Å². The SMILES string of the molecule is COc1cc(N)ccc1Oc1ncncc1Br. The lowest BCUT2D eigenvalue weighted by Gasteiger charge is -2.10.